The average Bonchev–Trinajstić information content (AvgIpc) is 2.76. The molecule has 140 valence electrons. The monoisotopic (exact) mass is 365 g/mol. The molecule has 0 aromatic heterocycles. The summed E-state index contributed by atoms with van der Waals surface area (Å²) in [6, 6.07) is -0.513. The third kappa shape index (κ3) is 6.74. The second kappa shape index (κ2) is 8.26. The van der Waals surface area contributed by atoms with Crippen molar-refractivity contribution in [2.45, 2.75) is 71.8 Å². The van der Waals surface area contributed by atoms with Crippen LogP contribution in [0, 0.1) is 5.41 Å². The lowest BCUT2D eigenvalue weighted by Crippen LogP contribution is -2.43. The number of amides is 1. The molecule has 1 fully saturated rings. The lowest BCUT2D eigenvalue weighted by molar-refractivity contribution is -0.144. The predicted molar refractivity (Wildman–Crippen MR) is 86.7 cm³/mol. The molecule has 8 nitrogen and oxygen atoms in total. The van der Waals surface area contributed by atoms with Crippen molar-refractivity contribution in [1.82, 2.24) is 5.32 Å². The van der Waals surface area contributed by atoms with Gasteiger partial charge in [-0.15, -0.1) is 0 Å². The summed E-state index contributed by atoms with van der Waals surface area (Å²) in [4.78, 5) is 23.4. The minimum atomic E-state index is -4.13. The van der Waals surface area contributed by atoms with Crippen LogP contribution >= 0.6 is 0 Å². The summed E-state index contributed by atoms with van der Waals surface area (Å²) in [7, 11) is -4.13. The van der Waals surface area contributed by atoms with Crippen molar-refractivity contribution in [2.75, 3.05) is 5.75 Å². The van der Waals surface area contributed by atoms with Gasteiger partial charge in [-0.25, -0.2) is 4.79 Å². The Morgan fingerprint density at radius 2 is 2.04 bits per heavy atom. The van der Waals surface area contributed by atoms with Gasteiger partial charge in [-0.3, -0.25) is 9.35 Å². The van der Waals surface area contributed by atoms with E-state index in [1.54, 1.807) is 13.8 Å². The van der Waals surface area contributed by atoms with Crippen LogP contribution in [0.15, 0.2) is 0 Å². The highest BCUT2D eigenvalue weighted by molar-refractivity contribution is 7.85. The van der Waals surface area contributed by atoms with Crippen molar-refractivity contribution < 1.29 is 32.0 Å². The van der Waals surface area contributed by atoms with E-state index in [0.29, 0.717) is 12.8 Å². The van der Waals surface area contributed by atoms with Crippen LogP contribution in [0.5, 0.6) is 0 Å². The molecule has 1 aliphatic heterocycles. The summed E-state index contributed by atoms with van der Waals surface area (Å²) < 4.78 is 41.7. The van der Waals surface area contributed by atoms with E-state index in [9.17, 15) is 18.0 Å². The molecule has 1 aliphatic rings. The molecule has 24 heavy (non-hydrogen) atoms. The SMILES string of the molecule is CCCC1OC(=O)C(C(C)(C)CC(CCS(=O)(=O)O)NC(C)=O)O1. The van der Waals surface area contributed by atoms with Crippen LogP contribution in [-0.4, -0.2) is 49.0 Å². The molecule has 0 aromatic rings. The Morgan fingerprint density at radius 3 is 2.54 bits per heavy atom. The lowest BCUT2D eigenvalue weighted by Gasteiger charge is -2.32. The Labute approximate surface area is 143 Å². The molecule has 0 aromatic carbocycles. The van der Waals surface area contributed by atoms with E-state index in [1.165, 1.54) is 6.92 Å². The minimum absolute atomic E-state index is 0.0437. The Kier molecular flexibility index (Phi) is 7.18. The molecule has 0 spiro atoms. The van der Waals surface area contributed by atoms with Crippen LogP contribution in [0.3, 0.4) is 0 Å². The number of carbonyl (C=O) groups is 2. The third-order valence-corrected chi connectivity index (χ3v) is 4.64. The fourth-order valence-corrected chi connectivity index (χ4v) is 3.42. The molecule has 0 aliphatic carbocycles. The normalized spacial score (nSPS) is 23.0. The largest absolute Gasteiger partial charge is 0.434 e. The highest BCUT2D eigenvalue weighted by Crippen LogP contribution is 2.35. The van der Waals surface area contributed by atoms with Crippen LogP contribution < -0.4 is 5.32 Å². The maximum Gasteiger partial charge on any atom is 0.338 e. The van der Waals surface area contributed by atoms with Crippen LogP contribution in [0.1, 0.15) is 53.4 Å². The zero-order valence-corrected chi connectivity index (χ0v) is 15.4. The van der Waals surface area contributed by atoms with E-state index in [2.05, 4.69) is 5.32 Å². The van der Waals surface area contributed by atoms with E-state index in [1.807, 2.05) is 6.92 Å². The summed E-state index contributed by atoms with van der Waals surface area (Å²) in [5.74, 6) is -1.23. The summed E-state index contributed by atoms with van der Waals surface area (Å²) in [5, 5.41) is 2.66. The molecule has 1 heterocycles. The summed E-state index contributed by atoms with van der Waals surface area (Å²) in [5.41, 5.74) is -0.675. The second-order valence-corrected chi connectivity index (χ2v) is 8.41. The van der Waals surface area contributed by atoms with E-state index in [4.69, 9.17) is 14.0 Å². The van der Waals surface area contributed by atoms with Gasteiger partial charge < -0.3 is 14.8 Å². The Bertz CT molecular complexity index is 558. The molecule has 0 saturated carbocycles. The molecule has 1 rings (SSSR count). The molecule has 1 amide bonds. The van der Waals surface area contributed by atoms with E-state index < -0.39 is 45.7 Å². The smallest absolute Gasteiger partial charge is 0.338 e. The van der Waals surface area contributed by atoms with Gasteiger partial charge in [0.05, 0.1) is 5.75 Å². The van der Waals surface area contributed by atoms with E-state index in [-0.39, 0.29) is 12.3 Å². The van der Waals surface area contributed by atoms with E-state index >= 15 is 0 Å². The molecule has 0 radical (unpaired) electrons. The summed E-state index contributed by atoms with van der Waals surface area (Å²) >= 11 is 0. The Morgan fingerprint density at radius 1 is 1.42 bits per heavy atom. The molecule has 1 saturated heterocycles. The van der Waals surface area contributed by atoms with Gasteiger partial charge in [-0.2, -0.15) is 8.42 Å². The fraction of sp³-hybridized carbons (Fsp3) is 0.867. The first-order chi connectivity index (χ1) is 10.9. The average molecular weight is 365 g/mol. The number of hydrogen-bond donors (Lipinski definition) is 2. The van der Waals surface area contributed by atoms with Crippen LogP contribution in [0.4, 0.5) is 0 Å². The molecule has 2 N–H and O–H groups in total. The second-order valence-electron chi connectivity index (χ2n) is 6.84. The van der Waals surface area contributed by atoms with Crippen molar-refractivity contribution in [3.8, 4) is 0 Å². The first-order valence-electron chi connectivity index (χ1n) is 8.03. The molecular formula is C15H27NO7S. The van der Waals surface area contributed by atoms with Gasteiger partial charge in [0.25, 0.3) is 10.1 Å². The Balaban J connectivity index is 2.78. The van der Waals surface area contributed by atoms with Gasteiger partial charge in [0.2, 0.25) is 12.2 Å². The zero-order valence-electron chi connectivity index (χ0n) is 14.6. The molecule has 0 bridgehead atoms. The Hall–Kier alpha value is -1.19. The minimum Gasteiger partial charge on any atom is -0.434 e. The quantitative estimate of drug-likeness (QED) is 0.466. The van der Waals surface area contributed by atoms with Gasteiger partial charge in [-0.1, -0.05) is 27.2 Å². The van der Waals surface area contributed by atoms with Crippen molar-refractivity contribution in [1.29, 1.82) is 0 Å². The third-order valence-electron chi connectivity index (χ3n) is 3.89. The number of ether oxygens (including phenoxy) is 2. The maximum atomic E-state index is 12.1. The van der Waals surface area contributed by atoms with E-state index in [0.717, 1.165) is 6.42 Å². The van der Waals surface area contributed by atoms with Gasteiger partial charge in [0, 0.05) is 24.8 Å². The van der Waals surface area contributed by atoms with Crippen molar-refractivity contribution in [3.63, 3.8) is 0 Å². The van der Waals surface area contributed by atoms with Crippen molar-refractivity contribution in [2.24, 2.45) is 5.41 Å². The number of nitrogens with one attached hydrogen (secondary N) is 1. The highest BCUT2D eigenvalue weighted by Gasteiger charge is 2.46. The number of hydrogen-bond acceptors (Lipinski definition) is 6. The number of cyclic esters (lactones) is 1. The lowest BCUT2D eigenvalue weighted by atomic mass is 9.79. The van der Waals surface area contributed by atoms with Crippen LogP contribution in [0.25, 0.3) is 0 Å². The first kappa shape index (κ1) is 20.9. The van der Waals surface area contributed by atoms with Gasteiger partial charge >= 0.3 is 5.97 Å². The standard InChI is InChI=1S/C15H27NO7S/c1-5-6-12-22-13(14(18)23-12)15(3,4)9-11(16-10(2)17)7-8-24(19,20)21/h11-13H,5-9H2,1-4H3,(H,16,17)(H,19,20,21). The number of carbonyl (C=O) groups excluding carboxylic acids is 2. The van der Waals surface area contributed by atoms with Crippen LogP contribution in [0.2, 0.25) is 0 Å². The topological polar surface area (TPSA) is 119 Å². The maximum absolute atomic E-state index is 12.1. The van der Waals surface area contributed by atoms with Crippen molar-refractivity contribution in [3.05, 3.63) is 0 Å². The van der Waals surface area contributed by atoms with Gasteiger partial charge in [0.15, 0.2) is 6.10 Å². The zero-order chi connectivity index (χ0) is 18.5. The molecule has 3 unspecified atom stereocenters. The predicted octanol–water partition coefficient (Wildman–Crippen LogP) is 1.25. The highest BCUT2D eigenvalue weighted by atomic mass is 32.2. The molecule has 3 atom stereocenters. The summed E-state index contributed by atoms with van der Waals surface area (Å²) in [6.07, 6.45) is 0.423. The number of esters is 1. The van der Waals surface area contributed by atoms with Crippen LogP contribution in [-0.2, 0) is 29.2 Å². The first-order valence-corrected chi connectivity index (χ1v) is 9.63. The van der Waals surface area contributed by atoms with Gasteiger partial charge in [0.1, 0.15) is 0 Å². The summed E-state index contributed by atoms with van der Waals surface area (Å²) in [6.45, 7) is 6.88. The van der Waals surface area contributed by atoms with Crippen molar-refractivity contribution >= 4 is 22.0 Å². The molecular weight excluding hydrogens is 338 g/mol. The number of rotatable bonds is 9. The van der Waals surface area contributed by atoms with Gasteiger partial charge in [-0.05, 0) is 12.8 Å². The fourth-order valence-electron chi connectivity index (χ4n) is 2.84. The molecule has 9 heteroatoms.